The van der Waals surface area contributed by atoms with Crippen LogP contribution in [0.4, 0.5) is 5.95 Å². The predicted molar refractivity (Wildman–Crippen MR) is 77.8 cm³/mol. The molecule has 5 heteroatoms. The molecule has 0 aliphatic rings. The van der Waals surface area contributed by atoms with E-state index in [-0.39, 0.29) is 5.95 Å². The summed E-state index contributed by atoms with van der Waals surface area (Å²) in [7, 11) is 1.94. The van der Waals surface area contributed by atoms with E-state index in [0.29, 0.717) is 5.56 Å². The average molecular weight is 263 g/mol. The summed E-state index contributed by atoms with van der Waals surface area (Å²) in [6.07, 6.45) is 3.63. The Balaban J connectivity index is 2.34. The van der Waals surface area contributed by atoms with Crippen molar-refractivity contribution in [3.05, 3.63) is 41.7 Å². The maximum Gasteiger partial charge on any atom is 0.220 e. The molecule has 0 spiro atoms. The molecule has 0 atom stereocenters. The molecule has 1 aromatic carbocycles. The van der Waals surface area contributed by atoms with Crippen LogP contribution in [0.2, 0.25) is 0 Å². The Morgan fingerprint density at radius 1 is 1.35 bits per heavy atom. The molecule has 0 saturated heterocycles. The normalized spacial score (nSPS) is 10.7. The minimum absolute atomic E-state index is 0.228. The first kappa shape index (κ1) is 12.2. The highest BCUT2D eigenvalue weighted by Crippen LogP contribution is 2.29. The molecule has 20 heavy (non-hydrogen) atoms. The fourth-order valence-corrected chi connectivity index (χ4v) is 2.51. The largest absolute Gasteiger partial charge is 0.368 e. The van der Waals surface area contributed by atoms with E-state index in [9.17, 15) is 5.26 Å². The Labute approximate surface area is 116 Å². The third-order valence-corrected chi connectivity index (χ3v) is 3.37. The zero-order valence-electron chi connectivity index (χ0n) is 11.3. The van der Waals surface area contributed by atoms with Crippen LogP contribution in [0.1, 0.15) is 11.1 Å². The van der Waals surface area contributed by atoms with Crippen molar-refractivity contribution in [3.8, 4) is 17.3 Å². The highest BCUT2D eigenvalue weighted by molar-refractivity contribution is 5.92. The van der Waals surface area contributed by atoms with Gasteiger partial charge in [0, 0.05) is 30.4 Å². The van der Waals surface area contributed by atoms with Gasteiger partial charge in [0.2, 0.25) is 5.95 Å². The summed E-state index contributed by atoms with van der Waals surface area (Å²) in [4.78, 5) is 8.10. The molecule has 5 nitrogen and oxygen atoms in total. The number of nitriles is 1. The molecule has 0 fully saturated rings. The zero-order valence-corrected chi connectivity index (χ0v) is 11.3. The van der Waals surface area contributed by atoms with Gasteiger partial charge in [-0.2, -0.15) is 5.26 Å². The number of rotatable bonds is 1. The van der Waals surface area contributed by atoms with Crippen LogP contribution in [0.3, 0.4) is 0 Å². The number of nitrogens with zero attached hydrogens (tertiary/aromatic N) is 4. The smallest absolute Gasteiger partial charge is 0.220 e. The van der Waals surface area contributed by atoms with Crippen molar-refractivity contribution in [3.63, 3.8) is 0 Å². The zero-order chi connectivity index (χ0) is 14.3. The fraction of sp³-hybridized carbons (Fsp3) is 0.133. The van der Waals surface area contributed by atoms with Gasteiger partial charge in [0.05, 0.1) is 16.8 Å². The van der Waals surface area contributed by atoms with Gasteiger partial charge in [-0.15, -0.1) is 0 Å². The van der Waals surface area contributed by atoms with E-state index < -0.39 is 0 Å². The number of benzene rings is 1. The molecular weight excluding hydrogens is 250 g/mol. The second kappa shape index (κ2) is 4.35. The van der Waals surface area contributed by atoms with Crippen LogP contribution in [0.15, 0.2) is 30.6 Å². The lowest BCUT2D eigenvalue weighted by Gasteiger charge is -2.05. The van der Waals surface area contributed by atoms with Gasteiger partial charge in [-0.25, -0.2) is 9.97 Å². The number of fused-ring (bicyclic) bond motifs is 1. The molecule has 0 aliphatic carbocycles. The third kappa shape index (κ3) is 1.79. The first-order valence-corrected chi connectivity index (χ1v) is 6.19. The van der Waals surface area contributed by atoms with Crippen molar-refractivity contribution in [2.24, 2.45) is 7.05 Å². The Morgan fingerprint density at radius 2 is 2.15 bits per heavy atom. The first-order valence-electron chi connectivity index (χ1n) is 6.19. The molecular formula is C15H13N5. The van der Waals surface area contributed by atoms with Crippen molar-refractivity contribution < 1.29 is 0 Å². The highest BCUT2D eigenvalue weighted by atomic mass is 15.0. The molecule has 3 aromatic rings. The molecule has 3 rings (SSSR count). The van der Waals surface area contributed by atoms with Gasteiger partial charge < -0.3 is 10.3 Å². The summed E-state index contributed by atoms with van der Waals surface area (Å²) in [6, 6.07) is 7.91. The maximum absolute atomic E-state index is 9.37. The van der Waals surface area contributed by atoms with Crippen LogP contribution in [-0.2, 0) is 7.05 Å². The second-order valence-electron chi connectivity index (χ2n) is 4.75. The number of hydrogen-bond acceptors (Lipinski definition) is 4. The molecule has 0 saturated carbocycles. The van der Waals surface area contributed by atoms with Crippen LogP contribution in [0.5, 0.6) is 0 Å². The quantitative estimate of drug-likeness (QED) is 0.731. The Kier molecular flexibility index (Phi) is 2.65. The van der Waals surface area contributed by atoms with Crippen LogP contribution < -0.4 is 5.73 Å². The lowest BCUT2D eigenvalue weighted by molar-refractivity contribution is 0.962. The summed E-state index contributed by atoms with van der Waals surface area (Å²) in [6.45, 7) is 2.03. The van der Waals surface area contributed by atoms with Crippen LogP contribution in [0.25, 0.3) is 22.2 Å². The number of hydrogen-bond donors (Lipinski definition) is 1. The minimum atomic E-state index is 0.228. The van der Waals surface area contributed by atoms with Crippen LogP contribution >= 0.6 is 0 Å². The monoisotopic (exact) mass is 263 g/mol. The molecule has 0 bridgehead atoms. The molecule has 0 aliphatic heterocycles. The Bertz CT molecular complexity index is 855. The van der Waals surface area contributed by atoms with Crippen molar-refractivity contribution in [2.75, 3.05) is 5.73 Å². The number of nitrogen functional groups attached to an aromatic ring is 1. The van der Waals surface area contributed by atoms with Gasteiger partial charge in [-0.05, 0) is 30.7 Å². The number of aryl methyl sites for hydroxylation is 2. The molecule has 0 unspecified atom stereocenters. The number of nitrogens with two attached hydrogens (primary N) is 1. The summed E-state index contributed by atoms with van der Waals surface area (Å²) in [5.74, 6) is 0.228. The van der Waals surface area contributed by atoms with Gasteiger partial charge in [-0.1, -0.05) is 0 Å². The lowest BCUT2D eigenvalue weighted by Crippen LogP contribution is -1.96. The van der Waals surface area contributed by atoms with Crippen molar-refractivity contribution >= 4 is 16.9 Å². The van der Waals surface area contributed by atoms with Gasteiger partial charge >= 0.3 is 0 Å². The summed E-state index contributed by atoms with van der Waals surface area (Å²) in [5, 5.41) is 10.4. The average Bonchev–Trinajstić information content (AvgIpc) is 2.73. The van der Waals surface area contributed by atoms with Crippen LogP contribution in [0, 0.1) is 18.3 Å². The van der Waals surface area contributed by atoms with Crippen LogP contribution in [-0.4, -0.2) is 14.5 Å². The summed E-state index contributed by atoms with van der Waals surface area (Å²) in [5.41, 5.74) is 9.91. The van der Waals surface area contributed by atoms with Gasteiger partial charge in [0.15, 0.2) is 0 Å². The molecule has 0 amide bonds. The van der Waals surface area contributed by atoms with Gasteiger partial charge in [0.1, 0.15) is 6.07 Å². The Hall–Kier alpha value is -2.87. The molecule has 2 heterocycles. The topological polar surface area (TPSA) is 80.5 Å². The van der Waals surface area contributed by atoms with Crippen molar-refractivity contribution in [1.82, 2.24) is 14.5 Å². The third-order valence-electron chi connectivity index (χ3n) is 3.37. The van der Waals surface area contributed by atoms with Gasteiger partial charge in [-0.3, -0.25) is 0 Å². The van der Waals surface area contributed by atoms with Gasteiger partial charge in [0.25, 0.3) is 0 Å². The van der Waals surface area contributed by atoms with E-state index in [1.165, 1.54) is 0 Å². The van der Waals surface area contributed by atoms with Crippen molar-refractivity contribution in [1.29, 1.82) is 5.26 Å². The predicted octanol–water partition coefficient (Wildman–Crippen LogP) is 2.40. The van der Waals surface area contributed by atoms with E-state index in [2.05, 4.69) is 16.0 Å². The fourth-order valence-electron chi connectivity index (χ4n) is 2.51. The number of aromatic nitrogens is 3. The second-order valence-corrected chi connectivity index (χ2v) is 4.75. The first-order chi connectivity index (χ1) is 9.60. The van der Waals surface area contributed by atoms with E-state index in [4.69, 9.17) is 5.73 Å². The standard InChI is InChI=1S/C15H13N5/c1-9-8-20(2)14-11(7-16)5-10(6-12(9)14)13-3-4-18-15(17)19-13/h3-6,8H,1-2H3,(H2,17,18,19). The molecule has 98 valence electrons. The van der Waals surface area contributed by atoms with E-state index in [1.807, 2.05) is 36.9 Å². The molecule has 2 aromatic heterocycles. The summed E-state index contributed by atoms with van der Waals surface area (Å²) >= 11 is 0. The SMILES string of the molecule is Cc1cn(C)c2c(C#N)cc(-c3ccnc(N)n3)cc12. The summed E-state index contributed by atoms with van der Waals surface area (Å²) < 4.78 is 1.97. The Morgan fingerprint density at radius 3 is 2.85 bits per heavy atom. The molecule has 0 radical (unpaired) electrons. The lowest BCUT2D eigenvalue weighted by atomic mass is 10.0. The van der Waals surface area contributed by atoms with Crippen molar-refractivity contribution in [2.45, 2.75) is 6.92 Å². The maximum atomic E-state index is 9.37. The highest BCUT2D eigenvalue weighted by Gasteiger charge is 2.12. The molecule has 2 N–H and O–H groups in total. The van der Waals surface area contributed by atoms with E-state index >= 15 is 0 Å². The van der Waals surface area contributed by atoms with E-state index in [1.54, 1.807) is 12.3 Å². The minimum Gasteiger partial charge on any atom is -0.368 e. The van der Waals surface area contributed by atoms with E-state index in [0.717, 1.165) is 27.7 Å². The number of anilines is 1.